The Labute approximate surface area is 150 Å². The number of halogens is 1. The van der Waals surface area contributed by atoms with Crippen LogP contribution in [0.4, 0.5) is 5.69 Å². The summed E-state index contributed by atoms with van der Waals surface area (Å²) in [5.41, 5.74) is 1.96. The quantitative estimate of drug-likeness (QED) is 0.715. The molecule has 124 valence electrons. The van der Waals surface area contributed by atoms with Crippen molar-refractivity contribution in [3.8, 4) is 0 Å². The van der Waals surface area contributed by atoms with Crippen LogP contribution in [0.15, 0.2) is 38.5 Å². The largest absolute Gasteiger partial charge is 0.441 e. The van der Waals surface area contributed by atoms with Crippen molar-refractivity contribution in [3.63, 3.8) is 0 Å². The van der Waals surface area contributed by atoms with E-state index in [1.54, 1.807) is 44.3 Å². The fourth-order valence-electron chi connectivity index (χ4n) is 2.23. The second-order valence-corrected chi connectivity index (χ2v) is 7.69. The summed E-state index contributed by atoms with van der Waals surface area (Å²) in [6, 6.07) is 8.77. The number of benzene rings is 1. The van der Waals surface area contributed by atoms with Crippen molar-refractivity contribution >= 4 is 55.9 Å². The Kier molecular flexibility index (Phi) is 4.68. The highest BCUT2D eigenvalue weighted by Gasteiger charge is 2.17. The van der Waals surface area contributed by atoms with Crippen molar-refractivity contribution in [2.24, 2.45) is 0 Å². The molecule has 0 bridgehead atoms. The maximum Gasteiger partial charge on any atom is 0.264 e. The summed E-state index contributed by atoms with van der Waals surface area (Å²) in [5.74, 6) is 0.102. The minimum absolute atomic E-state index is 0.0375. The number of oxazole rings is 1. The average Bonchev–Trinajstić information content (AvgIpc) is 3.10. The Bertz CT molecular complexity index is 918. The molecule has 2 aromatic heterocycles. The first-order chi connectivity index (χ1) is 11.4. The Morgan fingerprint density at radius 1 is 1.33 bits per heavy atom. The van der Waals surface area contributed by atoms with Crippen molar-refractivity contribution in [1.29, 1.82) is 0 Å². The van der Waals surface area contributed by atoms with E-state index >= 15 is 0 Å². The normalized spacial score (nSPS) is 10.8. The van der Waals surface area contributed by atoms with Gasteiger partial charge in [-0.1, -0.05) is 0 Å². The first kappa shape index (κ1) is 16.7. The highest BCUT2D eigenvalue weighted by Crippen LogP contribution is 2.23. The zero-order valence-corrected chi connectivity index (χ0v) is 15.4. The van der Waals surface area contributed by atoms with Crippen LogP contribution in [0.25, 0.3) is 11.1 Å². The van der Waals surface area contributed by atoms with Crippen LogP contribution in [-0.2, 0) is 4.79 Å². The molecule has 1 aromatic carbocycles. The summed E-state index contributed by atoms with van der Waals surface area (Å²) in [6.07, 6.45) is 0. The number of nitrogens with one attached hydrogen (secondary N) is 1. The average molecular weight is 408 g/mol. The molecular formula is C16H14BrN3O3S. The molecule has 0 spiro atoms. The summed E-state index contributed by atoms with van der Waals surface area (Å²) in [7, 11) is 1.60. The van der Waals surface area contributed by atoms with Gasteiger partial charge in [0.15, 0.2) is 11.5 Å². The van der Waals surface area contributed by atoms with E-state index < -0.39 is 0 Å². The fourth-order valence-corrected chi connectivity index (χ4v) is 3.61. The van der Waals surface area contributed by atoms with E-state index in [0.717, 1.165) is 3.79 Å². The van der Waals surface area contributed by atoms with Gasteiger partial charge in [-0.3, -0.25) is 9.59 Å². The summed E-state index contributed by atoms with van der Waals surface area (Å²) in [4.78, 5) is 30.6. The molecular weight excluding hydrogens is 394 g/mol. The van der Waals surface area contributed by atoms with Gasteiger partial charge < -0.3 is 14.6 Å². The highest BCUT2D eigenvalue weighted by atomic mass is 79.9. The molecule has 0 unspecified atom stereocenters. The van der Waals surface area contributed by atoms with Crippen molar-refractivity contribution in [2.75, 3.05) is 18.9 Å². The first-order valence-corrected chi connectivity index (χ1v) is 8.71. The molecule has 0 aliphatic heterocycles. The van der Waals surface area contributed by atoms with Crippen LogP contribution in [-0.4, -0.2) is 35.3 Å². The third kappa shape index (κ3) is 3.65. The Balaban J connectivity index is 1.64. The first-order valence-electron chi connectivity index (χ1n) is 7.10. The number of carbonyl (C=O) groups excluding carboxylic acids is 2. The van der Waals surface area contributed by atoms with Crippen molar-refractivity contribution in [1.82, 2.24) is 9.88 Å². The minimum Gasteiger partial charge on any atom is -0.441 e. The number of nitrogens with zero attached hydrogens (tertiary/aromatic N) is 2. The Hall–Kier alpha value is -2.19. The fraction of sp³-hybridized carbons (Fsp3) is 0.188. The van der Waals surface area contributed by atoms with Crippen LogP contribution in [0.3, 0.4) is 0 Å². The van der Waals surface area contributed by atoms with Crippen LogP contribution in [0.5, 0.6) is 0 Å². The molecule has 0 atom stereocenters. The third-order valence-corrected chi connectivity index (χ3v) is 4.90. The molecule has 0 radical (unpaired) electrons. The van der Waals surface area contributed by atoms with Gasteiger partial charge >= 0.3 is 0 Å². The number of carbonyl (C=O) groups is 2. The monoisotopic (exact) mass is 407 g/mol. The van der Waals surface area contributed by atoms with Crippen molar-refractivity contribution < 1.29 is 14.0 Å². The van der Waals surface area contributed by atoms with Crippen LogP contribution in [0.2, 0.25) is 0 Å². The summed E-state index contributed by atoms with van der Waals surface area (Å²) < 4.78 is 6.27. The van der Waals surface area contributed by atoms with E-state index in [-0.39, 0.29) is 18.4 Å². The molecule has 6 nitrogen and oxygen atoms in total. The van der Waals surface area contributed by atoms with Gasteiger partial charge in [0, 0.05) is 19.7 Å². The molecule has 2 heterocycles. The molecule has 0 saturated carbocycles. The molecule has 24 heavy (non-hydrogen) atoms. The van der Waals surface area contributed by atoms with Crippen molar-refractivity contribution in [2.45, 2.75) is 6.92 Å². The lowest BCUT2D eigenvalue weighted by Crippen LogP contribution is -2.34. The van der Waals surface area contributed by atoms with Crippen LogP contribution in [0, 0.1) is 6.92 Å². The van der Waals surface area contributed by atoms with E-state index in [2.05, 4.69) is 26.2 Å². The van der Waals surface area contributed by atoms with Gasteiger partial charge in [-0.05, 0) is 46.3 Å². The number of amides is 2. The number of aryl methyl sites for hydroxylation is 1. The van der Waals surface area contributed by atoms with E-state index in [4.69, 9.17) is 4.42 Å². The van der Waals surface area contributed by atoms with E-state index in [9.17, 15) is 9.59 Å². The number of anilines is 1. The molecule has 1 N–H and O–H groups in total. The van der Waals surface area contributed by atoms with Crippen molar-refractivity contribution in [3.05, 3.63) is 44.9 Å². The molecule has 0 aliphatic rings. The molecule has 3 rings (SSSR count). The standard InChI is InChI=1S/C16H14BrN3O3S/c1-9-18-11-7-10(3-4-12(11)23-9)19-15(21)8-20(2)16(22)13-5-6-14(17)24-13/h3-7H,8H2,1-2H3,(H,19,21). The molecule has 2 amide bonds. The number of hydrogen-bond donors (Lipinski definition) is 1. The summed E-state index contributed by atoms with van der Waals surface area (Å²) >= 11 is 4.66. The molecule has 0 aliphatic carbocycles. The van der Waals surface area contributed by atoms with Gasteiger partial charge in [0.05, 0.1) is 15.2 Å². The van der Waals surface area contributed by atoms with Gasteiger partial charge in [0.25, 0.3) is 5.91 Å². The van der Waals surface area contributed by atoms with Crippen LogP contribution >= 0.6 is 27.3 Å². The van der Waals surface area contributed by atoms with Gasteiger partial charge in [0.2, 0.25) is 5.91 Å². The number of aromatic nitrogens is 1. The lowest BCUT2D eigenvalue weighted by molar-refractivity contribution is -0.116. The zero-order chi connectivity index (χ0) is 17.3. The smallest absolute Gasteiger partial charge is 0.264 e. The molecule has 8 heteroatoms. The lowest BCUT2D eigenvalue weighted by Gasteiger charge is -2.15. The van der Waals surface area contributed by atoms with Crippen LogP contribution in [0.1, 0.15) is 15.6 Å². The third-order valence-electron chi connectivity index (χ3n) is 3.29. The highest BCUT2D eigenvalue weighted by molar-refractivity contribution is 9.11. The zero-order valence-electron chi connectivity index (χ0n) is 13.0. The topological polar surface area (TPSA) is 75.4 Å². The van der Waals surface area contributed by atoms with Crippen LogP contribution < -0.4 is 5.32 Å². The minimum atomic E-state index is -0.277. The second kappa shape index (κ2) is 6.74. The molecule has 3 aromatic rings. The van der Waals surface area contributed by atoms with E-state index in [1.165, 1.54) is 16.2 Å². The lowest BCUT2D eigenvalue weighted by atomic mass is 10.3. The maximum atomic E-state index is 12.2. The van der Waals surface area contributed by atoms with Gasteiger partial charge in [0.1, 0.15) is 5.52 Å². The SMILES string of the molecule is Cc1nc2cc(NC(=O)CN(C)C(=O)c3ccc(Br)s3)ccc2o1. The predicted molar refractivity (Wildman–Crippen MR) is 96.4 cm³/mol. The summed E-state index contributed by atoms with van der Waals surface area (Å²) in [6.45, 7) is 1.73. The summed E-state index contributed by atoms with van der Waals surface area (Å²) in [5, 5.41) is 2.77. The maximum absolute atomic E-state index is 12.2. The number of rotatable bonds is 4. The number of likely N-dealkylation sites (N-methyl/N-ethyl adjacent to an activating group) is 1. The second-order valence-electron chi connectivity index (χ2n) is 5.23. The predicted octanol–water partition coefficient (Wildman–Crippen LogP) is 3.67. The van der Waals surface area contributed by atoms with Gasteiger partial charge in [-0.15, -0.1) is 11.3 Å². The number of hydrogen-bond acceptors (Lipinski definition) is 5. The Morgan fingerprint density at radius 2 is 2.12 bits per heavy atom. The number of fused-ring (bicyclic) bond motifs is 1. The van der Waals surface area contributed by atoms with E-state index in [1.807, 2.05) is 0 Å². The number of thiophene rings is 1. The van der Waals surface area contributed by atoms with Gasteiger partial charge in [-0.2, -0.15) is 0 Å². The van der Waals surface area contributed by atoms with Gasteiger partial charge in [-0.25, -0.2) is 4.98 Å². The molecule has 0 saturated heterocycles. The van der Waals surface area contributed by atoms with E-state index in [0.29, 0.717) is 27.6 Å². The molecule has 0 fully saturated rings. The Morgan fingerprint density at radius 3 is 2.83 bits per heavy atom.